The van der Waals surface area contributed by atoms with E-state index in [9.17, 15) is 4.79 Å². The van der Waals surface area contributed by atoms with Crippen LogP contribution in [0.1, 0.15) is 36.2 Å². The van der Waals surface area contributed by atoms with Gasteiger partial charge in [-0.05, 0) is 19.1 Å². The summed E-state index contributed by atoms with van der Waals surface area (Å²) < 4.78 is 12.8. The third kappa shape index (κ3) is 5.03. The first-order valence-corrected chi connectivity index (χ1v) is 9.55. The van der Waals surface area contributed by atoms with Gasteiger partial charge in [0.25, 0.3) is 0 Å². The van der Waals surface area contributed by atoms with Crippen molar-refractivity contribution in [3.63, 3.8) is 0 Å². The van der Waals surface area contributed by atoms with Crippen molar-refractivity contribution in [2.45, 2.75) is 33.4 Å². The van der Waals surface area contributed by atoms with Crippen molar-refractivity contribution in [1.29, 1.82) is 0 Å². The summed E-state index contributed by atoms with van der Waals surface area (Å²) in [5.41, 5.74) is 1.99. The van der Waals surface area contributed by atoms with Crippen LogP contribution >= 0.6 is 11.6 Å². The molecule has 0 atom stereocenters. The molecule has 0 aliphatic rings. The van der Waals surface area contributed by atoms with E-state index in [1.807, 2.05) is 13.1 Å². The fourth-order valence-electron chi connectivity index (χ4n) is 2.62. The number of aromatic nitrogens is 4. The topological polar surface area (TPSA) is 91.2 Å². The number of ether oxygens (including phenoxy) is 2. The summed E-state index contributed by atoms with van der Waals surface area (Å²) in [5.74, 6) is 1.35. The van der Waals surface area contributed by atoms with Crippen LogP contribution in [0.2, 0.25) is 5.02 Å². The van der Waals surface area contributed by atoms with E-state index in [1.165, 1.54) is 7.11 Å². The Kier molecular flexibility index (Phi) is 6.66. The number of halogens is 1. The normalized spacial score (nSPS) is 10.6. The standard InChI is InChI=1S/C20H22ClN5O3/c1-4-17(27)13-6-14(19(21)18(7-13)28-3)12-29-16-9-22-20(23-10-16)25-15-8-24-26(5-2)11-15/h6-11H,4-5,12H2,1-3H3,(H,22,23,25). The smallest absolute Gasteiger partial charge is 0.227 e. The van der Waals surface area contributed by atoms with Crippen molar-refractivity contribution in [2.24, 2.45) is 0 Å². The second kappa shape index (κ2) is 9.38. The fourth-order valence-corrected chi connectivity index (χ4v) is 2.86. The number of carbonyl (C=O) groups is 1. The van der Waals surface area contributed by atoms with Crippen molar-refractivity contribution >= 4 is 29.0 Å². The molecule has 0 spiro atoms. The molecule has 2 aromatic heterocycles. The van der Waals surface area contributed by atoms with E-state index in [4.69, 9.17) is 21.1 Å². The van der Waals surface area contributed by atoms with Crippen LogP contribution < -0.4 is 14.8 Å². The summed E-state index contributed by atoms with van der Waals surface area (Å²) >= 11 is 6.36. The number of nitrogens with zero attached hydrogens (tertiary/aromatic N) is 4. The number of nitrogens with one attached hydrogen (secondary N) is 1. The van der Waals surface area contributed by atoms with Crippen LogP contribution in [0.4, 0.5) is 11.6 Å². The number of rotatable bonds is 9. The number of Topliss-reactive ketones (excluding diaryl/α,β-unsaturated/α-hetero) is 1. The Hall–Kier alpha value is -3.13. The predicted octanol–water partition coefficient (Wildman–Crippen LogP) is 4.27. The first-order valence-electron chi connectivity index (χ1n) is 9.18. The molecule has 0 saturated heterocycles. The van der Waals surface area contributed by atoms with Gasteiger partial charge in [0.2, 0.25) is 5.95 Å². The van der Waals surface area contributed by atoms with Gasteiger partial charge in [-0.3, -0.25) is 9.48 Å². The number of hydrogen-bond donors (Lipinski definition) is 1. The van der Waals surface area contributed by atoms with E-state index >= 15 is 0 Å². The lowest BCUT2D eigenvalue weighted by atomic mass is 10.1. The molecule has 29 heavy (non-hydrogen) atoms. The summed E-state index contributed by atoms with van der Waals surface area (Å²) in [7, 11) is 1.51. The third-order valence-electron chi connectivity index (χ3n) is 4.21. The fraction of sp³-hybridized carbons (Fsp3) is 0.300. The third-order valence-corrected chi connectivity index (χ3v) is 4.64. The summed E-state index contributed by atoms with van der Waals surface area (Å²) in [4.78, 5) is 20.5. The molecule has 3 rings (SSSR count). The van der Waals surface area contributed by atoms with Gasteiger partial charge >= 0.3 is 0 Å². The minimum atomic E-state index is 0.00590. The van der Waals surface area contributed by atoms with Gasteiger partial charge in [0.1, 0.15) is 12.4 Å². The lowest BCUT2D eigenvalue weighted by molar-refractivity contribution is 0.0987. The zero-order valence-electron chi connectivity index (χ0n) is 16.5. The number of anilines is 2. The van der Waals surface area contributed by atoms with Crippen LogP contribution in [0.3, 0.4) is 0 Å². The summed E-state index contributed by atoms with van der Waals surface area (Å²) in [6.07, 6.45) is 7.09. The maximum atomic E-state index is 12.1. The van der Waals surface area contributed by atoms with Gasteiger partial charge in [0, 0.05) is 30.3 Å². The zero-order chi connectivity index (χ0) is 20.8. The van der Waals surface area contributed by atoms with Crippen molar-refractivity contribution in [2.75, 3.05) is 12.4 Å². The summed E-state index contributed by atoms with van der Waals surface area (Å²) in [6.45, 7) is 4.75. The van der Waals surface area contributed by atoms with Crippen LogP contribution in [-0.2, 0) is 13.2 Å². The molecule has 152 valence electrons. The number of benzene rings is 1. The SMILES string of the molecule is CCC(=O)c1cc(COc2cnc(Nc3cnn(CC)c3)nc2)c(Cl)c(OC)c1. The van der Waals surface area contributed by atoms with Crippen LogP contribution in [0.25, 0.3) is 0 Å². The molecule has 1 aromatic carbocycles. The summed E-state index contributed by atoms with van der Waals surface area (Å²) in [5, 5.41) is 7.67. The Morgan fingerprint density at radius 2 is 1.97 bits per heavy atom. The molecule has 0 amide bonds. The van der Waals surface area contributed by atoms with Gasteiger partial charge in [0.15, 0.2) is 11.5 Å². The highest BCUT2D eigenvalue weighted by molar-refractivity contribution is 6.33. The molecule has 1 N–H and O–H groups in total. The molecule has 0 aliphatic carbocycles. The molecule has 0 bridgehead atoms. The first-order chi connectivity index (χ1) is 14.0. The van der Waals surface area contributed by atoms with Gasteiger partial charge < -0.3 is 14.8 Å². The molecule has 9 heteroatoms. The highest BCUT2D eigenvalue weighted by Crippen LogP contribution is 2.31. The largest absolute Gasteiger partial charge is 0.495 e. The minimum absolute atomic E-state index is 0.00590. The Labute approximate surface area is 173 Å². The maximum absolute atomic E-state index is 12.1. The molecule has 0 saturated carbocycles. The van der Waals surface area contributed by atoms with Gasteiger partial charge in [-0.1, -0.05) is 18.5 Å². The van der Waals surface area contributed by atoms with E-state index in [-0.39, 0.29) is 12.4 Å². The molecular formula is C20H22ClN5O3. The Morgan fingerprint density at radius 1 is 1.21 bits per heavy atom. The second-order valence-electron chi connectivity index (χ2n) is 6.17. The molecule has 8 nitrogen and oxygen atoms in total. The average Bonchev–Trinajstić information content (AvgIpc) is 3.21. The zero-order valence-corrected chi connectivity index (χ0v) is 17.2. The van der Waals surface area contributed by atoms with Crippen molar-refractivity contribution < 1.29 is 14.3 Å². The van der Waals surface area contributed by atoms with Crippen LogP contribution in [0.5, 0.6) is 11.5 Å². The molecule has 2 heterocycles. The van der Waals surface area contributed by atoms with Crippen LogP contribution in [0.15, 0.2) is 36.9 Å². The first kappa shape index (κ1) is 20.6. The molecule has 0 radical (unpaired) electrons. The van der Waals surface area contributed by atoms with E-state index < -0.39 is 0 Å². The Bertz CT molecular complexity index is 988. The lowest BCUT2D eigenvalue weighted by Gasteiger charge is -2.12. The lowest BCUT2D eigenvalue weighted by Crippen LogP contribution is -2.04. The number of aryl methyl sites for hydroxylation is 1. The van der Waals surface area contributed by atoms with E-state index in [0.717, 1.165) is 12.2 Å². The Balaban J connectivity index is 1.68. The van der Waals surface area contributed by atoms with E-state index in [1.54, 1.807) is 42.3 Å². The maximum Gasteiger partial charge on any atom is 0.227 e. The quantitative estimate of drug-likeness (QED) is 0.522. The molecule has 0 unspecified atom stereocenters. The number of ketones is 1. The number of carbonyl (C=O) groups excluding carboxylic acids is 1. The van der Waals surface area contributed by atoms with Gasteiger partial charge in [-0.2, -0.15) is 5.10 Å². The second-order valence-corrected chi connectivity index (χ2v) is 6.55. The van der Waals surface area contributed by atoms with Crippen molar-refractivity contribution in [1.82, 2.24) is 19.7 Å². The van der Waals surface area contributed by atoms with E-state index in [2.05, 4.69) is 20.4 Å². The highest BCUT2D eigenvalue weighted by atomic mass is 35.5. The van der Waals surface area contributed by atoms with Crippen molar-refractivity contribution in [3.05, 3.63) is 53.1 Å². The predicted molar refractivity (Wildman–Crippen MR) is 110 cm³/mol. The molecule has 0 aliphatic heterocycles. The average molecular weight is 416 g/mol. The monoisotopic (exact) mass is 415 g/mol. The Morgan fingerprint density at radius 3 is 2.59 bits per heavy atom. The van der Waals surface area contributed by atoms with Crippen LogP contribution in [0, 0.1) is 0 Å². The summed E-state index contributed by atoms with van der Waals surface area (Å²) in [6, 6.07) is 3.36. The van der Waals surface area contributed by atoms with Crippen LogP contribution in [-0.4, -0.2) is 32.6 Å². The minimum Gasteiger partial charge on any atom is -0.495 e. The molecule has 0 fully saturated rings. The van der Waals surface area contributed by atoms with Gasteiger partial charge in [-0.15, -0.1) is 0 Å². The highest BCUT2D eigenvalue weighted by Gasteiger charge is 2.14. The van der Waals surface area contributed by atoms with E-state index in [0.29, 0.717) is 40.0 Å². The van der Waals surface area contributed by atoms with Gasteiger partial charge in [-0.25, -0.2) is 9.97 Å². The van der Waals surface area contributed by atoms with Crippen molar-refractivity contribution in [3.8, 4) is 11.5 Å². The number of hydrogen-bond acceptors (Lipinski definition) is 7. The van der Waals surface area contributed by atoms with Gasteiger partial charge in [0.05, 0.1) is 36.4 Å². The number of methoxy groups -OCH3 is 1. The molecular weight excluding hydrogens is 394 g/mol. The molecule has 3 aromatic rings.